The van der Waals surface area contributed by atoms with E-state index in [4.69, 9.17) is 15.4 Å². The molecule has 0 saturated carbocycles. The van der Waals surface area contributed by atoms with Gasteiger partial charge in [-0.25, -0.2) is 4.98 Å². The Kier molecular flexibility index (Phi) is 6.23. The van der Waals surface area contributed by atoms with E-state index in [0.717, 1.165) is 0 Å². The number of allylic oxidation sites excluding steroid dienone is 1. The van der Waals surface area contributed by atoms with Gasteiger partial charge in [-0.1, -0.05) is 0 Å². The van der Waals surface area contributed by atoms with Crippen LogP contribution in [0.25, 0.3) is 22.6 Å². The zero-order valence-corrected chi connectivity index (χ0v) is 23.9. The highest BCUT2D eigenvalue weighted by atomic mass is 16.4. The molecule has 220 valence electrons. The van der Waals surface area contributed by atoms with E-state index in [9.17, 15) is 29.7 Å². The van der Waals surface area contributed by atoms with Gasteiger partial charge in [0.05, 0.1) is 23.2 Å². The monoisotopic (exact) mass is 583 g/mol. The fourth-order valence-electron chi connectivity index (χ4n) is 6.90. The number of hydrogen-bond acceptors (Lipinski definition) is 11. The Balaban J connectivity index is 1.57. The number of nitrogens with zero attached hydrogens (tertiary/aromatic N) is 4. The summed E-state index contributed by atoms with van der Waals surface area (Å²) in [6, 6.07) is 9.44. The van der Waals surface area contributed by atoms with Gasteiger partial charge in [0.2, 0.25) is 11.7 Å². The summed E-state index contributed by atoms with van der Waals surface area (Å²) in [5.41, 5.74) is 4.89. The lowest BCUT2D eigenvalue weighted by molar-refractivity contribution is -0.148. The minimum atomic E-state index is -2.67. The highest BCUT2D eigenvalue weighted by Gasteiger charge is 2.63. The summed E-state index contributed by atoms with van der Waals surface area (Å²) in [7, 11) is 6.85. The van der Waals surface area contributed by atoms with Gasteiger partial charge in [-0.3, -0.25) is 19.3 Å². The molecule has 0 aliphatic heterocycles. The highest BCUT2D eigenvalue weighted by molar-refractivity contribution is 6.25. The minimum absolute atomic E-state index is 0.0452. The maximum atomic E-state index is 14.4. The van der Waals surface area contributed by atoms with Gasteiger partial charge < -0.3 is 30.4 Å². The second-order valence-corrected chi connectivity index (χ2v) is 11.7. The third kappa shape index (κ3) is 3.82. The number of oxazole rings is 1. The molecule has 2 aromatic carbocycles. The van der Waals surface area contributed by atoms with Crippen molar-refractivity contribution in [2.75, 3.05) is 33.1 Å². The maximum absolute atomic E-state index is 14.4. The summed E-state index contributed by atoms with van der Waals surface area (Å²) >= 11 is 0. The van der Waals surface area contributed by atoms with Crippen LogP contribution >= 0.6 is 0 Å². The van der Waals surface area contributed by atoms with Crippen LogP contribution in [0.15, 0.2) is 57.4 Å². The number of fused-ring (bicyclic) bond motifs is 5. The zero-order valence-electron chi connectivity index (χ0n) is 23.9. The van der Waals surface area contributed by atoms with E-state index in [1.807, 2.05) is 25.1 Å². The number of primary amides is 1. The Labute approximate surface area is 245 Å². The summed E-state index contributed by atoms with van der Waals surface area (Å²) in [5.74, 6) is -6.07. The largest absolute Gasteiger partial charge is 0.510 e. The van der Waals surface area contributed by atoms with Crippen molar-refractivity contribution in [1.82, 2.24) is 9.88 Å². The Morgan fingerprint density at radius 2 is 1.84 bits per heavy atom. The van der Waals surface area contributed by atoms with Gasteiger partial charge in [-0.05, 0) is 68.8 Å². The molecule has 43 heavy (non-hydrogen) atoms. The SMILES string of the molecule is CN(C)c1cc2nc(-c3ccc(C#N)cc3)oc2c2c1C[C@H]1C[C@H]3[C@H](N(C)C)C(O)=C(C(N)=O)C(=O)[C@@]3(O)C(O)=C1C2=O. The third-order valence-electron chi connectivity index (χ3n) is 8.82. The van der Waals surface area contributed by atoms with Crippen LogP contribution in [0.4, 0.5) is 5.69 Å². The summed E-state index contributed by atoms with van der Waals surface area (Å²) in [4.78, 5) is 48.1. The Morgan fingerprint density at radius 3 is 2.42 bits per heavy atom. The van der Waals surface area contributed by atoms with Crippen molar-refractivity contribution in [2.45, 2.75) is 24.5 Å². The quantitative estimate of drug-likeness (QED) is 0.329. The number of aromatic nitrogens is 1. The fraction of sp³-hybridized carbons (Fsp3) is 0.323. The number of Topliss-reactive ketones (excluding diaryl/α,β-unsaturated/α-hetero) is 2. The predicted molar refractivity (Wildman–Crippen MR) is 154 cm³/mol. The van der Waals surface area contributed by atoms with E-state index in [0.29, 0.717) is 27.9 Å². The molecule has 4 atom stereocenters. The van der Waals surface area contributed by atoms with Gasteiger partial charge in [-0.15, -0.1) is 0 Å². The van der Waals surface area contributed by atoms with Crippen molar-refractivity contribution in [3.05, 3.63) is 69.7 Å². The first-order valence-corrected chi connectivity index (χ1v) is 13.6. The molecular formula is C31H29N5O7. The fourth-order valence-corrected chi connectivity index (χ4v) is 6.90. The van der Waals surface area contributed by atoms with Gasteiger partial charge in [0.15, 0.2) is 17.0 Å². The number of carbonyl (C=O) groups excluding carboxylic acids is 3. The van der Waals surface area contributed by atoms with Crippen molar-refractivity contribution in [2.24, 2.45) is 17.6 Å². The topological polar surface area (TPSA) is 194 Å². The molecule has 1 aromatic heterocycles. The molecule has 3 aromatic rings. The van der Waals surface area contributed by atoms with Crippen LogP contribution in [0, 0.1) is 23.2 Å². The number of hydrogen-bond donors (Lipinski definition) is 4. The van der Waals surface area contributed by atoms with Gasteiger partial charge in [0.25, 0.3) is 5.91 Å². The number of amides is 1. The number of aliphatic hydroxyl groups is 3. The number of benzene rings is 2. The van der Waals surface area contributed by atoms with Crippen molar-refractivity contribution < 1.29 is 34.1 Å². The Hall–Kier alpha value is -4.99. The molecule has 12 nitrogen and oxygen atoms in total. The van der Waals surface area contributed by atoms with E-state index in [2.05, 4.69) is 11.1 Å². The van der Waals surface area contributed by atoms with Crippen LogP contribution in [0.2, 0.25) is 0 Å². The first kappa shape index (κ1) is 28.1. The van der Waals surface area contributed by atoms with Gasteiger partial charge >= 0.3 is 0 Å². The summed E-state index contributed by atoms with van der Waals surface area (Å²) < 4.78 is 6.13. The van der Waals surface area contributed by atoms with Crippen LogP contribution in [0.3, 0.4) is 0 Å². The van der Waals surface area contributed by atoms with Crippen LogP contribution in [-0.2, 0) is 16.0 Å². The number of nitrogens with two attached hydrogens (primary N) is 1. The highest BCUT2D eigenvalue weighted by Crippen LogP contribution is 2.53. The minimum Gasteiger partial charge on any atom is -0.510 e. The number of ketones is 2. The normalized spacial score (nSPS) is 25.0. The van der Waals surface area contributed by atoms with Crippen LogP contribution in [0.5, 0.6) is 0 Å². The smallest absolute Gasteiger partial charge is 0.255 e. The molecule has 0 fully saturated rings. The molecule has 0 unspecified atom stereocenters. The molecule has 0 bridgehead atoms. The molecule has 1 heterocycles. The van der Waals surface area contributed by atoms with E-state index in [1.165, 1.54) is 4.90 Å². The lowest BCUT2D eigenvalue weighted by atomic mass is 9.58. The molecular weight excluding hydrogens is 554 g/mol. The lowest BCUT2D eigenvalue weighted by Crippen LogP contribution is -2.63. The Morgan fingerprint density at radius 1 is 1.16 bits per heavy atom. The van der Waals surface area contributed by atoms with Crippen molar-refractivity contribution in [1.29, 1.82) is 5.26 Å². The second kappa shape index (κ2) is 9.52. The second-order valence-electron chi connectivity index (χ2n) is 11.7. The molecule has 5 N–H and O–H groups in total. The molecule has 12 heteroatoms. The predicted octanol–water partition coefficient (Wildman–Crippen LogP) is 2.16. The maximum Gasteiger partial charge on any atom is 0.255 e. The lowest BCUT2D eigenvalue weighted by Gasteiger charge is -2.50. The first-order chi connectivity index (χ1) is 20.3. The van der Waals surface area contributed by atoms with E-state index < -0.39 is 58.0 Å². The molecule has 6 rings (SSSR count). The number of likely N-dealkylation sites (N-methyl/N-ethyl adjacent to an activating group) is 1. The number of aliphatic hydroxyl groups excluding tert-OH is 2. The van der Waals surface area contributed by atoms with E-state index >= 15 is 0 Å². The van der Waals surface area contributed by atoms with Crippen molar-refractivity contribution in [3.63, 3.8) is 0 Å². The van der Waals surface area contributed by atoms with Gasteiger partial charge in [-0.2, -0.15) is 5.26 Å². The standard InChI is InChI=1S/C31H29N5O7/c1-35(2)19-11-18-26(43-30(34-18)14-7-5-13(12-32)6-8-14)21-16(19)9-15-10-17-23(36(3)4)25(38)22(29(33)41)28(40)31(17,42)27(39)20(15)24(21)37/h5-8,11,15,17,23,38-39,42H,9-10H2,1-4H3,(H2,33,41)/t15-,17-,23-,31-/m0/s1. The number of rotatable bonds is 4. The third-order valence-corrected chi connectivity index (χ3v) is 8.82. The average molecular weight is 584 g/mol. The average Bonchev–Trinajstić information content (AvgIpc) is 3.38. The van der Waals surface area contributed by atoms with Crippen molar-refractivity contribution >= 4 is 34.3 Å². The van der Waals surface area contributed by atoms with Crippen LogP contribution < -0.4 is 10.6 Å². The number of nitriles is 1. The molecule has 0 saturated heterocycles. The summed E-state index contributed by atoms with van der Waals surface area (Å²) in [6.45, 7) is 0. The van der Waals surface area contributed by atoms with Gasteiger partial charge in [0.1, 0.15) is 22.6 Å². The van der Waals surface area contributed by atoms with Crippen LogP contribution in [-0.4, -0.2) is 82.5 Å². The van der Waals surface area contributed by atoms with Crippen molar-refractivity contribution in [3.8, 4) is 17.5 Å². The zero-order chi connectivity index (χ0) is 31.1. The number of carbonyl (C=O) groups is 3. The summed E-state index contributed by atoms with van der Waals surface area (Å²) in [5, 5.41) is 43.6. The summed E-state index contributed by atoms with van der Waals surface area (Å²) in [6.07, 6.45) is 0.300. The molecule has 3 aliphatic rings. The van der Waals surface area contributed by atoms with Crippen LogP contribution in [0.1, 0.15) is 27.9 Å². The number of anilines is 1. The Bertz CT molecular complexity index is 1860. The van der Waals surface area contributed by atoms with E-state index in [-0.39, 0.29) is 35.5 Å². The molecule has 1 amide bonds. The molecule has 0 spiro atoms. The molecule has 0 radical (unpaired) electrons. The van der Waals surface area contributed by atoms with Gasteiger partial charge in [0, 0.05) is 36.8 Å². The first-order valence-electron chi connectivity index (χ1n) is 13.6. The van der Waals surface area contributed by atoms with E-state index in [1.54, 1.807) is 38.4 Å². The molecule has 3 aliphatic carbocycles.